The van der Waals surface area contributed by atoms with Gasteiger partial charge in [-0.05, 0) is 17.7 Å². The Hall–Kier alpha value is -3.47. The van der Waals surface area contributed by atoms with Crippen molar-refractivity contribution in [1.29, 1.82) is 0 Å². The van der Waals surface area contributed by atoms with Crippen LogP contribution in [-0.4, -0.2) is 88.3 Å². The van der Waals surface area contributed by atoms with Crippen LogP contribution in [0, 0.1) is 0 Å². The Balaban J connectivity index is 1.40. The molecule has 3 aromatic rings. The Morgan fingerprint density at radius 2 is 1.86 bits per heavy atom. The number of piperazine rings is 1. The van der Waals surface area contributed by atoms with E-state index in [1.165, 1.54) is 0 Å². The molecule has 190 valence electrons. The molecule has 10 nitrogen and oxygen atoms in total. The first-order chi connectivity index (χ1) is 17.6. The summed E-state index contributed by atoms with van der Waals surface area (Å²) in [5.74, 6) is 2.28. The summed E-state index contributed by atoms with van der Waals surface area (Å²) in [5.41, 5.74) is 1.56. The van der Waals surface area contributed by atoms with Crippen LogP contribution in [0.2, 0.25) is 0 Å². The van der Waals surface area contributed by atoms with Crippen molar-refractivity contribution in [2.24, 2.45) is 0 Å². The molecule has 36 heavy (non-hydrogen) atoms. The molecule has 0 spiro atoms. The lowest BCUT2D eigenvalue weighted by atomic mass is 10.0. The molecule has 3 heterocycles. The minimum Gasteiger partial charge on any atom is -0.394 e. The molecule has 4 rings (SSSR count). The number of Topliss-reactive ketones (excluding diaryl/α,β-unsaturated/α-hetero) is 1. The molecule has 10 heteroatoms. The van der Waals surface area contributed by atoms with Gasteiger partial charge in [0.05, 0.1) is 19.8 Å². The lowest BCUT2D eigenvalue weighted by Gasteiger charge is -2.34. The Morgan fingerprint density at radius 3 is 2.61 bits per heavy atom. The average molecular weight is 492 g/mol. The van der Waals surface area contributed by atoms with E-state index >= 15 is 0 Å². The number of anilines is 3. The Labute approximate surface area is 211 Å². The second-order valence-corrected chi connectivity index (χ2v) is 8.53. The van der Waals surface area contributed by atoms with Gasteiger partial charge in [-0.2, -0.15) is 15.0 Å². The Morgan fingerprint density at radius 1 is 1.06 bits per heavy atom. The molecule has 0 amide bonds. The summed E-state index contributed by atoms with van der Waals surface area (Å²) in [6, 6.07) is 13.1. The topological polar surface area (TPSA) is 117 Å². The second-order valence-electron chi connectivity index (χ2n) is 8.53. The fraction of sp³-hybridized carbons (Fsp3) is 0.423. The number of ketones is 1. The molecule has 0 aliphatic carbocycles. The SMILES string of the molecule is CCc1nc(Nc2cc(C(=O)Cc3ccccc3)ccn2)nc(N2CCN(CCOCCO)CC2)n1. The van der Waals surface area contributed by atoms with Gasteiger partial charge in [0.2, 0.25) is 11.9 Å². The number of carbonyl (C=O) groups is 1. The number of aromatic nitrogens is 4. The van der Waals surface area contributed by atoms with Gasteiger partial charge in [-0.25, -0.2) is 4.98 Å². The van der Waals surface area contributed by atoms with Gasteiger partial charge >= 0.3 is 0 Å². The van der Waals surface area contributed by atoms with Crippen molar-refractivity contribution in [3.8, 4) is 0 Å². The van der Waals surface area contributed by atoms with E-state index in [1.54, 1.807) is 18.3 Å². The van der Waals surface area contributed by atoms with Crippen LogP contribution in [0.15, 0.2) is 48.7 Å². The van der Waals surface area contributed by atoms with Crippen molar-refractivity contribution in [1.82, 2.24) is 24.8 Å². The van der Waals surface area contributed by atoms with E-state index in [-0.39, 0.29) is 12.4 Å². The lowest BCUT2D eigenvalue weighted by Crippen LogP contribution is -2.48. The van der Waals surface area contributed by atoms with Gasteiger partial charge in [-0.1, -0.05) is 37.3 Å². The fourth-order valence-corrected chi connectivity index (χ4v) is 3.96. The summed E-state index contributed by atoms with van der Waals surface area (Å²) in [4.78, 5) is 35.4. The third kappa shape index (κ3) is 7.27. The summed E-state index contributed by atoms with van der Waals surface area (Å²) in [6.07, 6.45) is 2.63. The molecule has 0 bridgehead atoms. The van der Waals surface area contributed by atoms with Crippen LogP contribution in [0.1, 0.15) is 28.7 Å². The van der Waals surface area contributed by atoms with Gasteiger partial charge in [0.1, 0.15) is 11.6 Å². The van der Waals surface area contributed by atoms with Crippen LogP contribution in [-0.2, 0) is 17.6 Å². The Bertz CT molecular complexity index is 1120. The third-order valence-corrected chi connectivity index (χ3v) is 5.96. The third-order valence-electron chi connectivity index (χ3n) is 5.96. The van der Waals surface area contributed by atoms with Crippen molar-refractivity contribution in [3.05, 3.63) is 65.6 Å². The highest BCUT2D eigenvalue weighted by Gasteiger charge is 2.20. The number of benzene rings is 1. The molecule has 1 aromatic carbocycles. The molecule has 1 aliphatic rings. The van der Waals surface area contributed by atoms with Gasteiger partial charge in [-0.3, -0.25) is 9.69 Å². The number of aryl methyl sites for hydroxylation is 1. The molecular weight excluding hydrogens is 458 g/mol. The highest BCUT2D eigenvalue weighted by Crippen LogP contribution is 2.18. The second kappa shape index (κ2) is 13.0. The maximum Gasteiger partial charge on any atom is 0.233 e. The highest BCUT2D eigenvalue weighted by molar-refractivity contribution is 5.98. The highest BCUT2D eigenvalue weighted by atomic mass is 16.5. The van der Waals surface area contributed by atoms with E-state index in [0.717, 1.165) is 38.3 Å². The number of aliphatic hydroxyl groups is 1. The van der Waals surface area contributed by atoms with E-state index in [1.807, 2.05) is 37.3 Å². The fourth-order valence-electron chi connectivity index (χ4n) is 3.96. The number of rotatable bonds is 12. The number of ether oxygens (including phenoxy) is 1. The van der Waals surface area contributed by atoms with Gasteiger partial charge < -0.3 is 20.1 Å². The van der Waals surface area contributed by atoms with Crippen LogP contribution in [0.3, 0.4) is 0 Å². The van der Waals surface area contributed by atoms with Gasteiger partial charge in [0.15, 0.2) is 5.78 Å². The van der Waals surface area contributed by atoms with E-state index in [2.05, 4.69) is 35.1 Å². The van der Waals surface area contributed by atoms with Gasteiger partial charge in [0.25, 0.3) is 0 Å². The molecular formula is C26H33N7O3. The minimum atomic E-state index is 0.0249. The molecule has 1 aliphatic heterocycles. The zero-order chi connectivity index (χ0) is 25.2. The number of hydrogen-bond acceptors (Lipinski definition) is 10. The number of pyridine rings is 1. The average Bonchev–Trinajstić information content (AvgIpc) is 2.92. The molecule has 0 radical (unpaired) electrons. The smallest absolute Gasteiger partial charge is 0.233 e. The predicted octanol–water partition coefficient (Wildman–Crippen LogP) is 2.13. The lowest BCUT2D eigenvalue weighted by molar-refractivity contribution is 0.0724. The minimum absolute atomic E-state index is 0.0249. The zero-order valence-electron chi connectivity index (χ0n) is 20.6. The quantitative estimate of drug-likeness (QED) is 0.288. The van der Waals surface area contributed by atoms with Crippen LogP contribution >= 0.6 is 0 Å². The summed E-state index contributed by atoms with van der Waals surface area (Å²) < 4.78 is 5.38. The monoisotopic (exact) mass is 491 g/mol. The van der Waals surface area contributed by atoms with Crippen LogP contribution in [0.25, 0.3) is 0 Å². The van der Waals surface area contributed by atoms with Crippen LogP contribution in [0.5, 0.6) is 0 Å². The Kier molecular flexibility index (Phi) is 9.26. The van der Waals surface area contributed by atoms with Crippen LogP contribution in [0.4, 0.5) is 17.7 Å². The normalized spacial score (nSPS) is 14.1. The van der Waals surface area contributed by atoms with Gasteiger partial charge in [-0.15, -0.1) is 0 Å². The zero-order valence-corrected chi connectivity index (χ0v) is 20.6. The van der Waals surface area contributed by atoms with Crippen molar-refractivity contribution >= 4 is 23.5 Å². The van der Waals surface area contributed by atoms with Crippen molar-refractivity contribution in [3.63, 3.8) is 0 Å². The molecule has 1 saturated heterocycles. The molecule has 0 saturated carbocycles. The largest absolute Gasteiger partial charge is 0.394 e. The summed E-state index contributed by atoms with van der Waals surface area (Å²) >= 11 is 0. The van der Waals surface area contributed by atoms with Gasteiger partial charge in [0, 0.05) is 57.3 Å². The molecule has 0 atom stereocenters. The summed E-state index contributed by atoms with van der Waals surface area (Å²) in [6.45, 7) is 7.24. The predicted molar refractivity (Wildman–Crippen MR) is 138 cm³/mol. The van der Waals surface area contributed by atoms with E-state index < -0.39 is 0 Å². The van der Waals surface area contributed by atoms with Crippen LogP contribution < -0.4 is 10.2 Å². The number of carbonyl (C=O) groups excluding carboxylic acids is 1. The van der Waals surface area contributed by atoms with Crippen molar-refractivity contribution in [2.75, 3.05) is 62.8 Å². The number of nitrogens with zero attached hydrogens (tertiary/aromatic N) is 6. The van der Waals surface area contributed by atoms with E-state index in [9.17, 15) is 4.79 Å². The first kappa shape index (κ1) is 25.6. The first-order valence-corrected chi connectivity index (χ1v) is 12.4. The molecule has 2 aromatic heterocycles. The number of hydrogen-bond donors (Lipinski definition) is 2. The van der Waals surface area contributed by atoms with E-state index in [4.69, 9.17) is 9.84 Å². The number of aliphatic hydroxyl groups excluding tert-OH is 1. The maximum atomic E-state index is 12.8. The maximum absolute atomic E-state index is 12.8. The van der Waals surface area contributed by atoms with Crippen molar-refractivity contribution in [2.45, 2.75) is 19.8 Å². The molecule has 0 unspecified atom stereocenters. The molecule has 2 N–H and O–H groups in total. The first-order valence-electron chi connectivity index (χ1n) is 12.4. The summed E-state index contributed by atoms with van der Waals surface area (Å²) in [5, 5.41) is 12.0. The molecule has 1 fully saturated rings. The van der Waals surface area contributed by atoms with Crippen molar-refractivity contribution < 1.29 is 14.6 Å². The standard InChI is InChI=1S/C26H33N7O3/c1-2-23-28-25(31-26(30-23)33-12-10-32(11-13-33)14-16-36-17-15-34)29-24-19-21(8-9-27-24)22(35)18-20-6-4-3-5-7-20/h3-9,19,34H,2,10-18H2,1H3,(H,27,28,29,30,31). The summed E-state index contributed by atoms with van der Waals surface area (Å²) in [7, 11) is 0. The van der Waals surface area contributed by atoms with E-state index in [0.29, 0.717) is 55.2 Å². The number of nitrogens with one attached hydrogen (secondary N) is 1.